The highest BCUT2D eigenvalue weighted by atomic mass is 35.5. The average molecular weight is 415 g/mol. The zero-order valence-corrected chi connectivity index (χ0v) is 17.8. The summed E-state index contributed by atoms with van der Waals surface area (Å²) in [6.45, 7) is 8.57. The normalized spacial score (nSPS) is 14.5. The van der Waals surface area contributed by atoms with E-state index in [1.165, 1.54) is 0 Å². The molecular formula is C22H27ClN4O2. The Kier molecular flexibility index (Phi) is 6.33. The van der Waals surface area contributed by atoms with Crippen molar-refractivity contribution in [3.63, 3.8) is 0 Å². The zero-order chi connectivity index (χ0) is 21.0. The summed E-state index contributed by atoms with van der Waals surface area (Å²) in [6, 6.07) is 14.5. The number of nitrogens with zero attached hydrogens (tertiary/aromatic N) is 2. The van der Waals surface area contributed by atoms with E-state index in [4.69, 9.17) is 11.6 Å². The Balaban J connectivity index is 1.52. The summed E-state index contributed by atoms with van der Waals surface area (Å²) in [5, 5.41) is 6.54. The monoisotopic (exact) mass is 414 g/mol. The molecule has 1 aliphatic heterocycles. The number of anilines is 2. The lowest BCUT2D eigenvalue weighted by molar-refractivity contribution is 0.0919. The molecule has 0 radical (unpaired) electrons. The van der Waals surface area contributed by atoms with E-state index in [0.29, 0.717) is 29.4 Å². The van der Waals surface area contributed by atoms with Gasteiger partial charge in [-0.1, -0.05) is 17.7 Å². The van der Waals surface area contributed by atoms with Gasteiger partial charge in [-0.05, 0) is 63.2 Å². The van der Waals surface area contributed by atoms with Crippen LogP contribution in [0.2, 0.25) is 5.02 Å². The number of urea groups is 1. The van der Waals surface area contributed by atoms with Crippen LogP contribution < -0.4 is 15.5 Å². The van der Waals surface area contributed by atoms with E-state index in [-0.39, 0.29) is 17.5 Å². The first kappa shape index (κ1) is 21.0. The summed E-state index contributed by atoms with van der Waals surface area (Å²) in [7, 11) is 0. The standard InChI is InChI=1S/C22H27ClN4O2/c1-22(2,3)25-20(28)16-7-9-18(10-8-16)24-21(29)27-13-11-26(12-14-27)19-6-4-5-17(23)15-19/h4-10,15H,11-14H2,1-3H3,(H,24,29)(H,25,28). The fourth-order valence-corrected chi connectivity index (χ4v) is 3.35. The molecule has 1 aliphatic rings. The number of piperazine rings is 1. The van der Waals surface area contributed by atoms with Gasteiger partial charge in [0.2, 0.25) is 0 Å². The van der Waals surface area contributed by atoms with E-state index in [2.05, 4.69) is 15.5 Å². The molecule has 7 heteroatoms. The van der Waals surface area contributed by atoms with Crippen LogP contribution in [0.5, 0.6) is 0 Å². The molecule has 0 aliphatic carbocycles. The molecule has 0 saturated carbocycles. The number of carbonyl (C=O) groups is 2. The Labute approximate surface area is 176 Å². The molecule has 0 unspecified atom stereocenters. The maximum Gasteiger partial charge on any atom is 0.321 e. The maximum absolute atomic E-state index is 12.6. The van der Waals surface area contributed by atoms with Gasteiger partial charge < -0.3 is 20.4 Å². The van der Waals surface area contributed by atoms with Gasteiger partial charge in [0.1, 0.15) is 0 Å². The highest BCUT2D eigenvalue weighted by Gasteiger charge is 2.22. The number of halogens is 1. The van der Waals surface area contributed by atoms with Gasteiger partial charge in [-0.3, -0.25) is 4.79 Å². The number of benzene rings is 2. The van der Waals surface area contributed by atoms with E-state index in [0.717, 1.165) is 18.8 Å². The summed E-state index contributed by atoms with van der Waals surface area (Å²) < 4.78 is 0. The Morgan fingerprint density at radius 1 is 0.966 bits per heavy atom. The Hall–Kier alpha value is -2.73. The van der Waals surface area contributed by atoms with E-state index in [9.17, 15) is 9.59 Å². The lowest BCUT2D eigenvalue weighted by Crippen LogP contribution is -2.50. The van der Waals surface area contributed by atoms with E-state index >= 15 is 0 Å². The van der Waals surface area contributed by atoms with Gasteiger partial charge in [-0.15, -0.1) is 0 Å². The van der Waals surface area contributed by atoms with Crippen LogP contribution in [0.4, 0.5) is 16.2 Å². The van der Waals surface area contributed by atoms with Crippen LogP contribution in [0.3, 0.4) is 0 Å². The van der Waals surface area contributed by atoms with Gasteiger partial charge in [0.25, 0.3) is 5.91 Å². The van der Waals surface area contributed by atoms with E-state index in [1.807, 2.05) is 45.0 Å². The molecule has 3 amide bonds. The second kappa shape index (κ2) is 8.74. The van der Waals surface area contributed by atoms with Gasteiger partial charge >= 0.3 is 6.03 Å². The summed E-state index contributed by atoms with van der Waals surface area (Å²) in [4.78, 5) is 28.8. The lowest BCUT2D eigenvalue weighted by atomic mass is 10.1. The summed E-state index contributed by atoms with van der Waals surface area (Å²) in [5.41, 5.74) is 2.01. The van der Waals surface area contributed by atoms with Gasteiger partial charge in [0, 0.05) is 53.7 Å². The van der Waals surface area contributed by atoms with Crippen molar-refractivity contribution in [2.24, 2.45) is 0 Å². The van der Waals surface area contributed by atoms with Crippen molar-refractivity contribution in [1.29, 1.82) is 0 Å². The first-order valence-electron chi connectivity index (χ1n) is 9.70. The fraction of sp³-hybridized carbons (Fsp3) is 0.364. The highest BCUT2D eigenvalue weighted by Crippen LogP contribution is 2.21. The lowest BCUT2D eigenvalue weighted by Gasteiger charge is -2.36. The van der Waals surface area contributed by atoms with Crippen LogP contribution in [0.25, 0.3) is 0 Å². The van der Waals surface area contributed by atoms with Crippen LogP contribution in [0, 0.1) is 0 Å². The number of nitrogens with one attached hydrogen (secondary N) is 2. The molecule has 1 heterocycles. The molecule has 0 spiro atoms. The fourth-order valence-electron chi connectivity index (χ4n) is 3.16. The first-order valence-corrected chi connectivity index (χ1v) is 10.1. The van der Waals surface area contributed by atoms with Crippen LogP contribution in [0.1, 0.15) is 31.1 Å². The third kappa shape index (κ3) is 5.87. The SMILES string of the molecule is CC(C)(C)NC(=O)c1ccc(NC(=O)N2CCN(c3cccc(Cl)c3)CC2)cc1. The average Bonchev–Trinajstić information content (AvgIpc) is 2.67. The minimum atomic E-state index is -0.294. The van der Waals surface area contributed by atoms with Crippen LogP contribution in [-0.4, -0.2) is 48.6 Å². The van der Waals surface area contributed by atoms with Gasteiger partial charge in [-0.25, -0.2) is 4.79 Å². The molecule has 2 aromatic carbocycles. The summed E-state index contributed by atoms with van der Waals surface area (Å²) in [6.07, 6.45) is 0. The minimum Gasteiger partial charge on any atom is -0.368 e. The van der Waals surface area contributed by atoms with Crippen molar-refractivity contribution >= 4 is 34.9 Å². The molecule has 2 N–H and O–H groups in total. The number of amides is 3. The third-order valence-corrected chi connectivity index (χ3v) is 4.86. The van der Waals surface area contributed by atoms with Crippen molar-refractivity contribution in [3.05, 3.63) is 59.1 Å². The molecule has 0 aromatic heterocycles. The quantitative estimate of drug-likeness (QED) is 0.790. The van der Waals surface area contributed by atoms with Gasteiger partial charge in [0.15, 0.2) is 0 Å². The zero-order valence-electron chi connectivity index (χ0n) is 17.0. The van der Waals surface area contributed by atoms with Crippen molar-refractivity contribution in [3.8, 4) is 0 Å². The van der Waals surface area contributed by atoms with E-state index in [1.54, 1.807) is 29.2 Å². The van der Waals surface area contributed by atoms with Gasteiger partial charge in [0.05, 0.1) is 0 Å². The molecule has 0 atom stereocenters. The summed E-state index contributed by atoms with van der Waals surface area (Å²) >= 11 is 6.07. The van der Waals surface area contributed by atoms with Crippen molar-refractivity contribution < 1.29 is 9.59 Å². The minimum absolute atomic E-state index is 0.132. The third-order valence-electron chi connectivity index (χ3n) is 4.63. The van der Waals surface area contributed by atoms with Crippen LogP contribution in [-0.2, 0) is 0 Å². The molecule has 1 fully saturated rings. The first-order chi connectivity index (χ1) is 13.7. The number of carbonyl (C=O) groups excluding carboxylic acids is 2. The molecule has 0 bridgehead atoms. The Bertz CT molecular complexity index is 869. The smallest absolute Gasteiger partial charge is 0.321 e. The molecular weight excluding hydrogens is 388 g/mol. The summed E-state index contributed by atoms with van der Waals surface area (Å²) in [5.74, 6) is -0.132. The second-order valence-electron chi connectivity index (χ2n) is 8.17. The van der Waals surface area contributed by atoms with Crippen molar-refractivity contribution in [2.75, 3.05) is 36.4 Å². The Morgan fingerprint density at radius 2 is 1.62 bits per heavy atom. The maximum atomic E-state index is 12.6. The molecule has 2 aromatic rings. The van der Waals surface area contributed by atoms with Crippen LogP contribution >= 0.6 is 11.6 Å². The molecule has 6 nitrogen and oxygen atoms in total. The van der Waals surface area contributed by atoms with E-state index < -0.39 is 0 Å². The topological polar surface area (TPSA) is 64.7 Å². The molecule has 154 valence electrons. The molecule has 1 saturated heterocycles. The second-order valence-corrected chi connectivity index (χ2v) is 8.60. The predicted octanol–water partition coefficient (Wildman–Crippen LogP) is 4.22. The largest absolute Gasteiger partial charge is 0.368 e. The molecule has 3 rings (SSSR count). The van der Waals surface area contributed by atoms with Crippen molar-refractivity contribution in [2.45, 2.75) is 26.3 Å². The number of hydrogen-bond donors (Lipinski definition) is 2. The number of hydrogen-bond acceptors (Lipinski definition) is 3. The predicted molar refractivity (Wildman–Crippen MR) is 118 cm³/mol. The van der Waals surface area contributed by atoms with Crippen molar-refractivity contribution in [1.82, 2.24) is 10.2 Å². The highest BCUT2D eigenvalue weighted by molar-refractivity contribution is 6.30. The molecule has 29 heavy (non-hydrogen) atoms. The van der Waals surface area contributed by atoms with Gasteiger partial charge in [-0.2, -0.15) is 0 Å². The van der Waals surface area contributed by atoms with Crippen LogP contribution in [0.15, 0.2) is 48.5 Å². The Morgan fingerprint density at radius 3 is 2.21 bits per heavy atom. The number of rotatable bonds is 3.